The number of sulfonamides is 2. The molecule has 0 bridgehead atoms. The molecule has 10 heteroatoms. The summed E-state index contributed by atoms with van der Waals surface area (Å²) in [5.74, 6) is 0.947. The Morgan fingerprint density at radius 3 is 2.55 bits per heavy atom. The summed E-state index contributed by atoms with van der Waals surface area (Å²) in [4.78, 5) is 2.29. The molecule has 2 aromatic carbocycles. The SMILES string of the molecule is CC(NS(C)(=O)=O)c1ccc(Oc2ccc3c(c2)S(=O)(=O)NC2CCCN32)cc1. The van der Waals surface area contributed by atoms with Crippen molar-refractivity contribution in [3.05, 3.63) is 48.0 Å². The van der Waals surface area contributed by atoms with Crippen LogP contribution in [0.2, 0.25) is 0 Å². The molecule has 0 saturated carbocycles. The molecular formula is C19H23N3O5S2. The van der Waals surface area contributed by atoms with Gasteiger partial charge in [0.1, 0.15) is 16.4 Å². The quantitative estimate of drug-likeness (QED) is 0.744. The molecule has 1 fully saturated rings. The van der Waals surface area contributed by atoms with Gasteiger partial charge in [-0.3, -0.25) is 0 Å². The highest BCUT2D eigenvalue weighted by Crippen LogP contribution is 2.38. The van der Waals surface area contributed by atoms with Crippen LogP contribution >= 0.6 is 0 Å². The van der Waals surface area contributed by atoms with Crippen LogP contribution in [0.1, 0.15) is 31.4 Å². The number of nitrogens with zero attached hydrogens (tertiary/aromatic N) is 1. The maximum atomic E-state index is 12.6. The lowest BCUT2D eigenvalue weighted by molar-refractivity contribution is 0.478. The maximum absolute atomic E-state index is 12.6. The number of hydrogen-bond acceptors (Lipinski definition) is 6. The summed E-state index contributed by atoms with van der Waals surface area (Å²) in [7, 11) is -6.89. The van der Waals surface area contributed by atoms with Crippen molar-refractivity contribution < 1.29 is 21.6 Å². The number of benzene rings is 2. The highest BCUT2D eigenvalue weighted by molar-refractivity contribution is 7.89. The molecule has 0 radical (unpaired) electrons. The summed E-state index contributed by atoms with van der Waals surface area (Å²) in [6, 6.07) is 11.7. The predicted octanol–water partition coefficient (Wildman–Crippen LogP) is 2.31. The van der Waals surface area contributed by atoms with Gasteiger partial charge in [-0.15, -0.1) is 0 Å². The first kappa shape index (κ1) is 20.1. The van der Waals surface area contributed by atoms with Crippen LogP contribution in [0.5, 0.6) is 11.5 Å². The van der Waals surface area contributed by atoms with Gasteiger partial charge in [-0.05, 0) is 49.6 Å². The summed E-state index contributed by atoms with van der Waals surface area (Å²) in [6.07, 6.45) is 2.69. The van der Waals surface area contributed by atoms with Crippen molar-refractivity contribution in [1.29, 1.82) is 0 Å². The second kappa shape index (κ2) is 7.28. The molecule has 2 aromatic rings. The van der Waals surface area contributed by atoms with Gasteiger partial charge in [0.25, 0.3) is 0 Å². The summed E-state index contributed by atoms with van der Waals surface area (Å²) >= 11 is 0. The van der Waals surface area contributed by atoms with Gasteiger partial charge in [0.2, 0.25) is 20.0 Å². The number of fused-ring (bicyclic) bond motifs is 3. The fourth-order valence-corrected chi connectivity index (χ4v) is 6.02. The lowest BCUT2D eigenvalue weighted by Gasteiger charge is -2.33. The molecule has 2 heterocycles. The Bertz CT molecular complexity index is 1130. The van der Waals surface area contributed by atoms with Crippen LogP contribution in [0, 0.1) is 0 Å². The van der Waals surface area contributed by atoms with E-state index >= 15 is 0 Å². The molecular weight excluding hydrogens is 414 g/mol. The molecule has 0 aromatic heterocycles. The smallest absolute Gasteiger partial charge is 0.244 e. The van der Waals surface area contributed by atoms with Crippen LogP contribution in [0.25, 0.3) is 0 Å². The van der Waals surface area contributed by atoms with Gasteiger partial charge in [0.15, 0.2) is 0 Å². The zero-order chi connectivity index (χ0) is 20.8. The Kier molecular flexibility index (Phi) is 5.06. The van der Waals surface area contributed by atoms with Gasteiger partial charge in [-0.1, -0.05) is 12.1 Å². The number of anilines is 1. The number of rotatable bonds is 5. The van der Waals surface area contributed by atoms with Gasteiger partial charge in [0, 0.05) is 18.7 Å². The van der Waals surface area contributed by atoms with E-state index in [0.29, 0.717) is 17.2 Å². The second-order valence-electron chi connectivity index (χ2n) is 7.39. The van der Waals surface area contributed by atoms with Gasteiger partial charge < -0.3 is 9.64 Å². The Balaban J connectivity index is 1.55. The van der Waals surface area contributed by atoms with E-state index in [1.54, 1.807) is 43.3 Å². The lowest BCUT2D eigenvalue weighted by atomic mass is 10.1. The van der Waals surface area contributed by atoms with Crippen LogP contribution < -0.4 is 19.1 Å². The van der Waals surface area contributed by atoms with E-state index in [2.05, 4.69) is 14.3 Å². The zero-order valence-electron chi connectivity index (χ0n) is 16.1. The van der Waals surface area contributed by atoms with Crippen LogP contribution in [0.4, 0.5) is 5.69 Å². The molecule has 2 aliphatic heterocycles. The van der Waals surface area contributed by atoms with Crippen molar-refractivity contribution in [1.82, 2.24) is 9.44 Å². The summed E-state index contributed by atoms with van der Waals surface area (Å²) in [5.41, 5.74) is 1.50. The molecule has 0 spiro atoms. The molecule has 2 unspecified atom stereocenters. The molecule has 8 nitrogen and oxygen atoms in total. The predicted molar refractivity (Wildman–Crippen MR) is 110 cm³/mol. The Morgan fingerprint density at radius 2 is 1.86 bits per heavy atom. The first-order chi connectivity index (χ1) is 13.6. The number of hydrogen-bond donors (Lipinski definition) is 2. The second-order valence-corrected chi connectivity index (χ2v) is 10.8. The molecule has 2 aliphatic rings. The minimum atomic E-state index is -3.58. The number of nitrogens with one attached hydrogen (secondary N) is 2. The zero-order valence-corrected chi connectivity index (χ0v) is 17.8. The molecule has 0 aliphatic carbocycles. The average molecular weight is 438 g/mol. The van der Waals surface area contributed by atoms with E-state index in [0.717, 1.165) is 31.2 Å². The molecule has 29 heavy (non-hydrogen) atoms. The third kappa shape index (κ3) is 4.25. The van der Waals surface area contributed by atoms with Crippen molar-refractivity contribution in [3.63, 3.8) is 0 Å². The molecule has 1 saturated heterocycles. The van der Waals surface area contributed by atoms with Crippen molar-refractivity contribution in [2.75, 3.05) is 17.7 Å². The Morgan fingerprint density at radius 1 is 1.17 bits per heavy atom. The summed E-state index contributed by atoms with van der Waals surface area (Å²) in [5, 5.41) is 0. The van der Waals surface area contributed by atoms with Crippen molar-refractivity contribution in [2.45, 2.75) is 36.9 Å². The van der Waals surface area contributed by atoms with Crippen molar-refractivity contribution in [2.24, 2.45) is 0 Å². The molecule has 156 valence electrons. The van der Waals surface area contributed by atoms with E-state index in [1.165, 1.54) is 6.07 Å². The summed E-state index contributed by atoms with van der Waals surface area (Å²) in [6.45, 7) is 2.57. The monoisotopic (exact) mass is 437 g/mol. The summed E-state index contributed by atoms with van der Waals surface area (Å²) < 4.78 is 59.0. The number of ether oxygens (including phenoxy) is 1. The van der Waals surface area contributed by atoms with Gasteiger partial charge in [-0.25, -0.2) is 21.6 Å². The molecule has 4 rings (SSSR count). The van der Waals surface area contributed by atoms with E-state index < -0.39 is 20.0 Å². The standard InChI is InChI=1S/C19H23N3O5S2/c1-13(20-28(2,23)24)14-5-7-15(8-6-14)27-16-9-10-17-18(12-16)29(25,26)21-19-4-3-11-22(17)19/h5-10,12-13,19-21H,3-4,11H2,1-2H3. The van der Waals surface area contributed by atoms with Crippen LogP contribution in [-0.2, 0) is 20.0 Å². The van der Waals surface area contributed by atoms with Gasteiger partial charge >= 0.3 is 0 Å². The van der Waals surface area contributed by atoms with Crippen LogP contribution in [-0.4, -0.2) is 35.8 Å². The first-order valence-corrected chi connectivity index (χ1v) is 12.7. The molecule has 0 amide bonds. The molecule has 2 atom stereocenters. The first-order valence-electron chi connectivity index (χ1n) is 9.30. The van der Waals surface area contributed by atoms with Crippen LogP contribution in [0.15, 0.2) is 47.4 Å². The van der Waals surface area contributed by atoms with Crippen LogP contribution in [0.3, 0.4) is 0 Å². The van der Waals surface area contributed by atoms with E-state index in [-0.39, 0.29) is 17.1 Å². The van der Waals surface area contributed by atoms with Crippen molar-refractivity contribution in [3.8, 4) is 11.5 Å². The minimum absolute atomic E-state index is 0.172. The molecule has 2 N–H and O–H groups in total. The largest absolute Gasteiger partial charge is 0.457 e. The maximum Gasteiger partial charge on any atom is 0.244 e. The van der Waals surface area contributed by atoms with Gasteiger partial charge in [-0.2, -0.15) is 4.72 Å². The highest BCUT2D eigenvalue weighted by atomic mass is 32.2. The fraction of sp³-hybridized carbons (Fsp3) is 0.368. The average Bonchev–Trinajstić information content (AvgIpc) is 3.08. The normalized spacial score (nSPS) is 21.3. The van der Waals surface area contributed by atoms with E-state index in [9.17, 15) is 16.8 Å². The lowest BCUT2D eigenvalue weighted by Crippen LogP contribution is -2.48. The minimum Gasteiger partial charge on any atom is -0.457 e. The Hall–Kier alpha value is -2.14. The van der Waals surface area contributed by atoms with E-state index in [4.69, 9.17) is 4.74 Å². The third-order valence-corrected chi connectivity index (χ3v) is 7.35. The third-order valence-electron chi connectivity index (χ3n) is 5.08. The van der Waals surface area contributed by atoms with Crippen molar-refractivity contribution >= 4 is 25.7 Å². The fourth-order valence-electron chi connectivity index (χ4n) is 3.78. The topological polar surface area (TPSA) is 105 Å². The highest BCUT2D eigenvalue weighted by Gasteiger charge is 2.37. The van der Waals surface area contributed by atoms with Gasteiger partial charge in [0.05, 0.1) is 18.1 Å². The Labute approximate surface area is 171 Å². The van der Waals surface area contributed by atoms with E-state index in [1.807, 2.05) is 0 Å².